The fraction of sp³-hybridized carbons (Fsp3) is 0.727. The first kappa shape index (κ1) is 67.1. The molecule has 0 aliphatic carbocycles. The molecule has 0 amide bonds. The van der Waals surface area contributed by atoms with Crippen LogP contribution in [0, 0.1) is 20.2 Å². The summed E-state index contributed by atoms with van der Waals surface area (Å²) in [5, 5.41) is 30.1. The van der Waals surface area contributed by atoms with Gasteiger partial charge in [0.25, 0.3) is 0 Å². The molecule has 0 aliphatic heterocycles. The van der Waals surface area contributed by atoms with Crippen molar-refractivity contribution in [2.24, 2.45) is 0 Å². The van der Waals surface area contributed by atoms with Crippen LogP contribution in [0.3, 0.4) is 0 Å². The van der Waals surface area contributed by atoms with E-state index in [1.807, 2.05) is 12.1 Å². The highest BCUT2D eigenvalue weighted by Gasteiger charge is 2.36. The maximum atomic E-state index is 14.1. The molecule has 0 radical (unpaired) electrons. The smallest absolute Gasteiger partial charge is 0.323 e. The fourth-order valence-corrected chi connectivity index (χ4v) is 11.1. The molecule has 0 atom stereocenters. The van der Waals surface area contributed by atoms with Crippen molar-refractivity contribution in [3.63, 3.8) is 0 Å². The minimum absolute atomic E-state index is 0.00727. The lowest BCUT2D eigenvalue weighted by Gasteiger charge is -2.22. The summed E-state index contributed by atoms with van der Waals surface area (Å²) in [6, 6.07) is 5.35. The third kappa shape index (κ3) is 22.4. The predicted molar refractivity (Wildman–Crippen MR) is 331 cm³/mol. The first-order chi connectivity index (χ1) is 38.7. The highest BCUT2D eigenvalue weighted by molar-refractivity contribution is 6.43. The van der Waals surface area contributed by atoms with Gasteiger partial charge in [-0.3, -0.25) is 20.2 Å². The molecule has 4 rings (SSSR count). The van der Waals surface area contributed by atoms with Crippen LogP contribution in [0.4, 0.5) is 11.4 Å². The number of halogens is 1. The average Bonchev–Trinajstić information content (AvgIpc) is 3.64. The van der Waals surface area contributed by atoms with E-state index in [1.54, 1.807) is 6.07 Å². The van der Waals surface area contributed by atoms with E-state index >= 15 is 0 Å². The van der Waals surface area contributed by atoms with Crippen molar-refractivity contribution in [1.82, 2.24) is 0 Å². The Bertz CT molecular complexity index is 2270. The molecular formula is C66H105ClN2O10. The quantitative estimate of drug-likeness (QED) is 0.0182. The van der Waals surface area contributed by atoms with E-state index in [4.69, 9.17) is 40.0 Å². The number of benzene rings is 4. The van der Waals surface area contributed by atoms with E-state index < -0.39 is 9.85 Å². The van der Waals surface area contributed by atoms with Gasteiger partial charge in [0.1, 0.15) is 0 Å². The van der Waals surface area contributed by atoms with Crippen LogP contribution in [0.15, 0.2) is 18.2 Å². The molecule has 0 spiro atoms. The number of ether oxygens (including phenoxy) is 6. The van der Waals surface area contributed by atoms with Gasteiger partial charge < -0.3 is 28.4 Å². The van der Waals surface area contributed by atoms with Crippen molar-refractivity contribution in [3.05, 3.63) is 43.5 Å². The number of hydrogen-bond acceptors (Lipinski definition) is 10. The van der Waals surface area contributed by atoms with Gasteiger partial charge in [-0.2, -0.15) is 0 Å². The summed E-state index contributed by atoms with van der Waals surface area (Å²) < 4.78 is 39.8. The molecule has 0 heterocycles. The second-order valence-electron chi connectivity index (χ2n) is 22.1. The molecule has 79 heavy (non-hydrogen) atoms. The van der Waals surface area contributed by atoms with Crippen LogP contribution in [-0.2, 0) is 0 Å². The van der Waals surface area contributed by atoms with Crippen molar-refractivity contribution in [1.29, 1.82) is 0 Å². The Morgan fingerprint density at radius 2 is 0.532 bits per heavy atom. The third-order valence-electron chi connectivity index (χ3n) is 15.3. The number of nitro groups is 2. The summed E-state index contributed by atoms with van der Waals surface area (Å²) in [4.78, 5) is 27.4. The first-order valence-corrected chi connectivity index (χ1v) is 32.4. The molecule has 0 aliphatic rings. The second-order valence-corrected chi connectivity index (χ2v) is 22.5. The van der Waals surface area contributed by atoms with Crippen molar-refractivity contribution in [2.75, 3.05) is 39.6 Å². The van der Waals surface area contributed by atoms with Gasteiger partial charge in [0.15, 0.2) is 23.0 Å². The average molecular weight is 1120 g/mol. The van der Waals surface area contributed by atoms with Crippen LogP contribution in [0.1, 0.15) is 273 Å². The molecule has 0 aromatic heterocycles. The number of nitro benzene ring substituents is 2. The lowest BCUT2D eigenvalue weighted by atomic mass is 9.90. The van der Waals surface area contributed by atoms with Crippen LogP contribution in [0.5, 0.6) is 34.5 Å². The molecule has 4 aromatic carbocycles. The molecular weight excluding hydrogens is 1020 g/mol. The molecule has 0 saturated heterocycles. The van der Waals surface area contributed by atoms with Gasteiger partial charge in [0, 0.05) is 21.5 Å². The van der Waals surface area contributed by atoms with Crippen LogP contribution in [0.25, 0.3) is 32.3 Å². The van der Waals surface area contributed by atoms with E-state index in [1.165, 1.54) is 19.3 Å². The Morgan fingerprint density at radius 3 is 0.797 bits per heavy atom. The Kier molecular flexibility index (Phi) is 34.5. The maximum absolute atomic E-state index is 14.1. The van der Waals surface area contributed by atoms with E-state index in [0.717, 1.165) is 199 Å². The van der Waals surface area contributed by atoms with Crippen LogP contribution < -0.4 is 28.4 Å². The van der Waals surface area contributed by atoms with Gasteiger partial charge in [0.2, 0.25) is 11.5 Å². The largest absolute Gasteiger partial charge is 0.490 e. The number of unbranched alkanes of at least 4 members (excludes halogenated alkanes) is 30. The van der Waals surface area contributed by atoms with E-state index in [2.05, 4.69) is 41.5 Å². The maximum Gasteiger partial charge on any atom is 0.323 e. The summed E-state index contributed by atoms with van der Waals surface area (Å²) >= 11 is 7.79. The number of hydrogen-bond donors (Lipinski definition) is 0. The molecule has 13 heteroatoms. The van der Waals surface area contributed by atoms with Crippen LogP contribution >= 0.6 is 11.6 Å². The lowest BCUT2D eigenvalue weighted by Crippen LogP contribution is -2.08. The van der Waals surface area contributed by atoms with Crippen LogP contribution in [0.2, 0.25) is 5.02 Å². The molecule has 0 bridgehead atoms. The summed E-state index contributed by atoms with van der Waals surface area (Å²) in [7, 11) is 0. The number of rotatable bonds is 50. The van der Waals surface area contributed by atoms with Gasteiger partial charge in [-0.1, -0.05) is 246 Å². The Balaban J connectivity index is 2.13. The summed E-state index contributed by atoms with van der Waals surface area (Å²) in [5.41, 5.74) is -0.668. The van der Waals surface area contributed by atoms with Crippen molar-refractivity contribution in [2.45, 2.75) is 273 Å². The van der Waals surface area contributed by atoms with Crippen molar-refractivity contribution < 1.29 is 38.3 Å². The number of nitrogens with zero attached hydrogens (tertiary/aromatic N) is 2. The number of fused-ring (bicyclic) bond motifs is 6. The van der Waals surface area contributed by atoms with Gasteiger partial charge in [0.05, 0.1) is 65.3 Å². The molecule has 0 unspecified atom stereocenters. The van der Waals surface area contributed by atoms with E-state index in [9.17, 15) is 20.2 Å². The standard InChI is InChI=1S/C66H105ClN2O10/c1-7-13-19-25-31-37-43-74-55-49-52-58(61(67)64(55)77-46-40-34-28-22-16-10-4)53-50-56(75-44-38-32-26-20-14-8-2)65(78-47-41-35-29-23-17-11-5)63(69(72)73)60(53)54-51-57(76-45-39-33-27-21-15-9-3)66(62(59(52)54)68(70)71)79-48-42-36-30-24-18-12-6/h49-51H,7-48H2,1-6H3. The van der Waals surface area contributed by atoms with Gasteiger partial charge >= 0.3 is 11.4 Å². The molecule has 4 aromatic rings. The Morgan fingerprint density at radius 1 is 0.316 bits per heavy atom. The zero-order valence-electron chi connectivity index (χ0n) is 50.3. The Hall–Kier alpha value is -4.45. The van der Waals surface area contributed by atoms with Crippen molar-refractivity contribution >= 4 is 55.3 Å². The van der Waals surface area contributed by atoms with E-state index in [0.29, 0.717) is 66.9 Å². The normalized spacial score (nSPS) is 11.5. The summed E-state index contributed by atoms with van der Waals surface area (Å²) in [6.45, 7) is 15.0. The zero-order chi connectivity index (χ0) is 56.9. The third-order valence-corrected chi connectivity index (χ3v) is 15.7. The monoisotopic (exact) mass is 1120 g/mol. The molecule has 12 nitrogen and oxygen atoms in total. The van der Waals surface area contributed by atoms with Gasteiger partial charge in [-0.15, -0.1) is 0 Å². The molecule has 446 valence electrons. The molecule has 0 fully saturated rings. The minimum Gasteiger partial charge on any atom is -0.490 e. The van der Waals surface area contributed by atoms with E-state index in [-0.39, 0.29) is 68.8 Å². The van der Waals surface area contributed by atoms with Gasteiger partial charge in [-0.05, 0) is 56.7 Å². The fourth-order valence-electron chi connectivity index (χ4n) is 10.7. The van der Waals surface area contributed by atoms with Crippen LogP contribution in [-0.4, -0.2) is 49.5 Å². The van der Waals surface area contributed by atoms with Crippen molar-refractivity contribution in [3.8, 4) is 34.5 Å². The zero-order valence-corrected chi connectivity index (χ0v) is 51.0. The predicted octanol–water partition coefficient (Wildman–Crippen LogP) is 22.1. The molecule has 0 saturated carbocycles. The summed E-state index contributed by atoms with van der Waals surface area (Å²) in [6.07, 6.45) is 37.2. The Labute approximate surface area is 481 Å². The second kappa shape index (κ2) is 40.7. The highest BCUT2D eigenvalue weighted by Crippen LogP contribution is 2.57. The topological polar surface area (TPSA) is 142 Å². The summed E-state index contributed by atoms with van der Waals surface area (Å²) in [5.74, 6) is 1.12. The lowest BCUT2D eigenvalue weighted by molar-refractivity contribution is -0.384. The SMILES string of the molecule is CCCCCCCCOc1cc2c(c(Cl)c1OCCCCCCCC)c1cc(OCCCCCCCC)c(OCCCCCCCC)c([N+](=O)[O-])c1c1cc(OCCCCCCCC)c(OCCCCCCCC)c([N+](=O)[O-])c21. The molecule has 0 N–H and O–H groups in total. The highest BCUT2D eigenvalue weighted by atomic mass is 35.5. The van der Waals surface area contributed by atoms with Gasteiger partial charge in [-0.25, -0.2) is 0 Å². The first-order valence-electron chi connectivity index (χ1n) is 32.0. The minimum atomic E-state index is -0.421.